The van der Waals surface area contributed by atoms with Gasteiger partial charge in [0.15, 0.2) is 0 Å². The van der Waals surface area contributed by atoms with E-state index < -0.39 is 30.1 Å². The van der Waals surface area contributed by atoms with Gasteiger partial charge in [0.2, 0.25) is 0 Å². The second-order valence-corrected chi connectivity index (χ2v) is 3.16. The SMILES string of the molecule is N[C@H]1[C@H](O)[C@H](O)CC[C@@H]1C(=O)O. The van der Waals surface area contributed by atoms with Crippen molar-refractivity contribution in [2.75, 3.05) is 0 Å². The molecule has 1 aliphatic rings. The van der Waals surface area contributed by atoms with Crippen molar-refractivity contribution in [3.05, 3.63) is 0 Å². The van der Waals surface area contributed by atoms with Gasteiger partial charge in [-0.15, -0.1) is 0 Å². The van der Waals surface area contributed by atoms with Crippen molar-refractivity contribution in [2.45, 2.75) is 31.1 Å². The summed E-state index contributed by atoms with van der Waals surface area (Å²) in [5.74, 6) is -1.74. The van der Waals surface area contributed by atoms with Crippen molar-refractivity contribution in [1.29, 1.82) is 0 Å². The Morgan fingerprint density at radius 2 is 1.92 bits per heavy atom. The Hall–Kier alpha value is -0.650. The lowest BCUT2D eigenvalue weighted by molar-refractivity contribution is -0.147. The van der Waals surface area contributed by atoms with E-state index in [-0.39, 0.29) is 0 Å². The van der Waals surface area contributed by atoms with Gasteiger partial charge in [0.1, 0.15) is 0 Å². The summed E-state index contributed by atoms with van der Waals surface area (Å²) in [6.07, 6.45) is -1.36. The molecule has 4 atom stereocenters. The molecular formula is C7H13NO4. The van der Waals surface area contributed by atoms with Gasteiger partial charge in [0.25, 0.3) is 0 Å². The maximum absolute atomic E-state index is 10.5. The number of hydrogen-bond acceptors (Lipinski definition) is 4. The molecule has 5 N–H and O–H groups in total. The fourth-order valence-corrected chi connectivity index (χ4v) is 1.50. The van der Waals surface area contributed by atoms with Gasteiger partial charge in [-0.1, -0.05) is 0 Å². The molecule has 1 saturated carbocycles. The molecule has 0 spiro atoms. The van der Waals surface area contributed by atoms with E-state index in [9.17, 15) is 9.90 Å². The minimum absolute atomic E-state index is 0.297. The average Bonchev–Trinajstić information content (AvgIpc) is 2.00. The van der Waals surface area contributed by atoms with Gasteiger partial charge in [-0.05, 0) is 12.8 Å². The van der Waals surface area contributed by atoms with Crippen LogP contribution in [-0.2, 0) is 4.79 Å². The first-order chi connectivity index (χ1) is 5.54. The first-order valence-corrected chi connectivity index (χ1v) is 3.88. The molecule has 0 amide bonds. The monoisotopic (exact) mass is 175 g/mol. The molecular weight excluding hydrogens is 162 g/mol. The third-order valence-corrected chi connectivity index (χ3v) is 2.34. The van der Waals surface area contributed by atoms with Gasteiger partial charge < -0.3 is 21.1 Å². The molecule has 0 aromatic rings. The number of rotatable bonds is 1. The summed E-state index contributed by atoms with van der Waals surface area (Å²) in [6.45, 7) is 0. The van der Waals surface area contributed by atoms with Gasteiger partial charge in [0, 0.05) is 6.04 Å². The van der Waals surface area contributed by atoms with Crippen LogP contribution in [0.15, 0.2) is 0 Å². The van der Waals surface area contributed by atoms with E-state index in [0.29, 0.717) is 12.8 Å². The number of hydrogen-bond donors (Lipinski definition) is 4. The molecule has 0 unspecified atom stereocenters. The molecule has 5 nitrogen and oxygen atoms in total. The van der Waals surface area contributed by atoms with Gasteiger partial charge in [0.05, 0.1) is 18.1 Å². The second-order valence-electron chi connectivity index (χ2n) is 3.16. The van der Waals surface area contributed by atoms with Crippen molar-refractivity contribution >= 4 is 5.97 Å². The fourth-order valence-electron chi connectivity index (χ4n) is 1.50. The minimum atomic E-state index is -1.11. The molecule has 0 bridgehead atoms. The number of carboxylic acid groups (broad SMARTS) is 1. The summed E-state index contributed by atoms with van der Waals surface area (Å²) in [4.78, 5) is 10.5. The minimum Gasteiger partial charge on any atom is -0.481 e. The normalized spacial score (nSPS) is 42.6. The maximum Gasteiger partial charge on any atom is 0.308 e. The zero-order valence-electron chi connectivity index (χ0n) is 6.55. The Kier molecular flexibility index (Phi) is 2.66. The lowest BCUT2D eigenvalue weighted by atomic mass is 9.81. The average molecular weight is 175 g/mol. The van der Waals surface area contributed by atoms with Gasteiger partial charge >= 0.3 is 5.97 Å². The fraction of sp³-hybridized carbons (Fsp3) is 0.857. The molecule has 0 heterocycles. The molecule has 12 heavy (non-hydrogen) atoms. The van der Waals surface area contributed by atoms with Crippen molar-refractivity contribution in [3.63, 3.8) is 0 Å². The predicted molar refractivity (Wildman–Crippen MR) is 40.3 cm³/mol. The Balaban J connectivity index is 2.65. The van der Waals surface area contributed by atoms with E-state index in [1.807, 2.05) is 0 Å². The van der Waals surface area contributed by atoms with E-state index in [2.05, 4.69) is 0 Å². The quantitative estimate of drug-likeness (QED) is 0.389. The molecule has 0 aromatic carbocycles. The number of aliphatic carboxylic acids is 1. The Labute approximate surface area is 69.8 Å². The van der Waals surface area contributed by atoms with Crippen LogP contribution in [-0.4, -0.2) is 39.5 Å². The van der Waals surface area contributed by atoms with E-state index >= 15 is 0 Å². The smallest absolute Gasteiger partial charge is 0.308 e. The first kappa shape index (κ1) is 9.44. The lowest BCUT2D eigenvalue weighted by Crippen LogP contribution is -2.53. The van der Waals surface area contributed by atoms with Crippen molar-refractivity contribution in [3.8, 4) is 0 Å². The van der Waals surface area contributed by atoms with Crippen LogP contribution in [0, 0.1) is 5.92 Å². The second kappa shape index (κ2) is 3.38. The molecule has 0 aliphatic heterocycles. The van der Waals surface area contributed by atoms with Crippen LogP contribution < -0.4 is 5.73 Å². The summed E-state index contributed by atoms with van der Waals surface area (Å²) in [7, 11) is 0. The Morgan fingerprint density at radius 1 is 1.33 bits per heavy atom. The molecule has 70 valence electrons. The molecule has 1 rings (SSSR count). The van der Waals surface area contributed by atoms with Crippen LogP contribution >= 0.6 is 0 Å². The largest absolute Gasteiger partial charge is 0.481 e. The summed E-state index contributed by atoms with van der Waals surface area (Å²) in [6, 6.07) is -0.855. The topological polar surface area (TPSA) is 104 Å². The summed E-state index contributed by atoms with van der Waals surface area (Å²) in [5.41, 5.74) is 5.42. The Morgan fingerprint density at radius 3 is 2.42 bits per heavy atom. The molecule has 1 fully saturated rings. The maximum atomic E-state index is 10.5. The van der Waals surface area contributed by atoms with Crippen LogP contribution in [0.4, 0.5) is 0 Å². The van der Waals surface area contributed by atoms with Crippen LogP contribution in [0.2, 0.25) is 0 Å². The van der Waals surface area contributed by atoms with Gasteiger partial charge in [-0.2, -0.15) is 0 Å². The van der Waals surface area contributed by atoms with Crippen LogP contribution in [0.3, 0.4) is 0 Å². The van der Waals surface area contributed by atoms with Crippen LogP contribution in [0.25, 0.3) is 0 Å². The summed E-state index contributed by atoms with van der Waals surface area (Å²) >= 11 is 0. The zero-order chi connectivity index (χ0) is 9.30. The van der Waals surface area contributed by atoms with Gasteiger partial charge in [-0.3, -0.25) is 4.79 Å². The molecule has 5 heteroatoms. The number of carboxylic acids is 1. The van der Waals surface area contributed by atoms with Crippen LogP contribution in [0.1, 0.15) is 12.8 Å². The van der Waals surface area contributed by atoms with E-state index in [4.69, 9.17) is 15.9 Å². The van der Waals surface area contributed by atoms with Crippen molar-refractivity contribution < 1.29 is 20.1 Å². The molecule has 0 aromatic heterocycles. The van der Waals surface area contributed by atoms with E-state index in [1.54, 1.807) is 0 Å². The highest BCUT2D eigenvalue weighted by molar-refractivity contribution is 5.71. The van der Waals surface area contributed by atoms with Gasteiger partial charge in [-0.25, -0.2) is 0 Å². The first-order valence-electron chi connectivity index (χ1n) is 3.88. The highest BCUT2D eigenvalue weighted by atomic mass is 16.4. The van der Waals surface area contributed by atoms with Crippen molar-refractivity contribution in [1.82, 2.24) is 0 Å². The molecule has 0 saturated heterocycles. The van der Waals surface area contributed by atoms with E-state index in [1.165, 1.54) is 0 Å². The number of carbonyl (C=O) groups is 1. The third-order valence-electron chi connectivity index (χ3n) is 2.34. The number of nitrogens with two attached hydrogens (primary N) is 1. The summed E-state index contributed by atoms with van der Waals surface area (Å²) in [5, 5.41) is 27.0. The highest BCUT2D eigenvalue weighted by Gasteiger charge is 2.38. The number of aliphatic hydroxyl groups excluding tert-OH is 2. The lowest BCUT2D eigenvalue weighted by Gasteiger charge is -2.33. The van der Waals surface area contributed by atoms with Crippen LogP contribution in [0.5, 0.6) is 0 Å². The molecule has 1 aliphatic carbocycles. The standard InChI is InChI=1S/C7H13NO4/c8-5-3(7(11)12)1-2-4(9)6(5)10/h3-6,9-10H,1-2,8H2,(H,11,12)/t3-,4+,5+,6+/m0/s1. The zero-order valence-corrected chi connectivity index (χ0v) is 6.55. The third kappa shape index (κ3) is 1.57. The highest BCUT2D eigenvalue weighted by Crippen LogP contribution is 2.23. The summed E-state index contributed by atoms with van der Waals surface area (Å²) < 4.78 is 0. The predicted octanol–water partition coefficient (Wildman–Crippen LogP) is -1.47. The van der Waals surface area contributed by atoms with Crippen molar-refractivity contribution in [2.24, 2.45) is 11.7 Å². The Bertz CT molecular complexity index is 184. The molecule has 0 radical (unpaired) electrons. The number of aliphatic hydroxyl groups is 2. The van der Waals surface area contributed by atoms with E-state index in [0.717, 1.165) is 0 Å².